The number of benzene rings is 2. The minimum atomic E-state index is -1.07. The van der Waals surface area contributed by atoms with E-state index in [1.165, 1.54) is 4.90 Å². The van der Waals surface area contributed by atoms with Crippen molar-refractivity contribution in [1.82, 2.24) is 5.32 Å². The average Bonchev–Trinajstić information content (AvgIpc) is 2.64. The molecular weight excluding hydrogens is 422 g/mol. The van der Waals surface area contributed by atoms with Gasteiger partial charge in [-0.25, -0.2) is 13.6 Å². The molecule has 2 aromatic rings. The van der Waals surface area contributed by atoms with Crippen LogP contribution in [-0.4, -0.2) is 30.7 Å². The van der Waals surface area contributed by atoms with Gasteiger partial charge in [0, 0.05) is 25.2 Å². The number of rotatable bonds is 6. The normalized spacial score (nSPS) is 11.8. The maximum absolute atomic E-state index is 13.6. The van der Waals surface area contributed by atoms with Crippen LogP contribution >= 0.6 is 13.5 Å². The number of nitrogens with zero attached hydrogens (tertiary/aromatic N) is 1. The van der Waals surface area contributed by atoms with Crippen molar-refractivity contribution >= 4 is 31.2 Å². The number of halogens is 2. The Kier molecular flexibility index (Phi) is 9.49. The van der Waals surface area contributed by atoms with Gasteiger partial charge in [-0.1, -0.05) is 19.1 Å². The highest BCUT2D eigenvalue weighted by molar-refractivity contribution is 7.59. The standard InChI is InChI=1S/C23H28F2N2O3.H2S/c1-6-15-7-9-19(10-8-15)27(5)21(28)20(26-22(29)30-23(2,3)4)13-16-11-17(24)14-18(25)12-16;/h7-12,14,20H,6,13H2,1-5H3,(H,26,29);1H2/t20-;/m0./s1. The number of carbonyl (C=O) groups is 2. The number of ether oxygens (including phenoxy) is 1. The van der Waals surface area contributed by atoms with E-state index in [1.807, 2.05) is 31.2 Å². The highest BCUT2D eigenvalue weighted by Crippen LogP contribution is 2.18. The summed E-state index contributed by atoms with van der Waals surface area (Å²) in [6.07, 6.45) is -0.0109. The number of carbonyl (C=O) groups excluding carboxylic acids is 2. The Morgan fingerprint density at radius 2 is 1.58 bits per heavy atom. The fraction of sp³-hybridized carbons (Fsp3) is 0.391. The maximum atomic E-state index is 13.6. The molecule has 0 spiro atoms. The number of nitrogens with one attached hydrogen (secondary N) is 1. The van der Waals surface area contributed by atoms with E-state index >= 15 is 0 Å². The average molecular weight is 453 g/mol. The van der Waals surface area contributed by atoms with E-state index in [0.29, 0.717) is 5.69 Å². The molecule has 0 saturated heterocycles. The second kappa shape index (κ2) is 11.1. The molecule has 1 atom stereocenters. The molecule has 2 aromatic carbocycles. The lowest BCUT2D eigenvalue weighted by atomic mass is 10.0. The summed E-state index contributed by atoms with van der Waals surface area (Å²) in [6.45, 7) is 7.13. The first-order valence-corrected chi connectivity index (χ1v) is 9.79. The molecular formula is C23H30F2N2O3S. The zero-order valence-corrected chi connectivity index (χ0v) is 19.5. The molecule has 2 amide bonds. The molecule has 0 aliphatic carbocycles. The van der Waals surface area contributed by atoms with E-state index in [0.717, 1.165) is 30.2 Å². The zero-order chi connectivity index (χ0) is 22.5. The minimum Gasteiger partial charge on any atom is -0.444 e. The molecule has 170 valence electrons. The predicted octanol–water partition coefficient (Wildman–Crippen LogP) is 4.74. The second-order valence-corrected chi connectivity index (χ2v) is 8.10. The lowest BCUT2D eigenvalue weighted by Crippen LogP contribution is -2.50. The van der Waals surface area contributed by atoms with Crippen LogP contribution in [0.15, 0.2) is 42.5 Å². The summed E-state index contributed by atoms with van der Waals surface area (Å²) in [5.41, 5.74) is 1.25. The van der Waals surface area contributed by atoms with Crippen LogP contribution in [0.4, 0.5) is 19.3 Å². The van der Waals surface area contributed by atoms with Gasteiger partial charge in [0.25, 0.3) is 0 Å². The topological polar surface area (TPSA) is 58.6 Å². The van der Waals surface area contributed by atoms with Crippen LogP contribution in [0.3, 0.4) is 0 Å². The fourth-order valence-corrected chi connectivity index (χ4v) is 2.93. The van der Waals surface area contributed by atoms with E-state index in [2.05, 4.69) is 5.32 Å². The Morgan fingerprint density at radius 1 is 1.03 bits per heavy atom. The van der Waals surface area contributed by atoms with E-state index in [9.17, 15) is 18.4 Å². The third-order valence-electron chi connectivity index (χ3n) is 4.41. The maximum Gasteiger partial charge on any atom is 0.408 e. The van der Waals surface area contributed by atoms with Crippen molar-refractivity contribution in [2.75, 3.05) is 11.9 Å². The van der Waals surface area contributed by atoms with Crippen molar-refractivity contribution in [3.05, 3.63) is 65.2 Å². The highest BCUT2D eigenvalue weighted by atomic mass is 32.1. The van der Waals surface area contributed by atoms with Gasteiger partial charge in [-0.3, -0.25) is 4.79 Å². The van der Waals surface area contributed by atoms with Gasteiger partial charge >= 0.3 is 6.09 Å². The lowest BCUT2D eigenvalue weighted by molar-refractivity contribution is -0.120. The van der Waals surface area contributed by atoms with Gasteiger partial charge in [-0.05, 0) is 62.6 Å². The Labute approximate surface area is 189 Å². The summed E-state index contributed by atoms with van der Waals surface area (Å²) in [4.78, 5) is 26.8. The van der Waals surface area contributed by atoms with Crippen molar-refractivity contribution in [1.29, 1.82) is 0 Å². The molecule has 0 radical (unpaired) electrons. The number of hydrogen-bond acceptors (Lipinski definition) is 3. The summed E-state index contributed by atoms with van der Waals surface area (Å²) in [6, 6.07) is 9.40. The van der Waals surface area contributed by atoms with E-state index in [4.69, 9.17) is 4.74 Å². The highest BCUT2D eigenvalue weighted by Gasteiger charge is 2.28. The molecule has 0 aromatic heterocycles. The quantitative estimate of drug-likeness (QED) is 0.689. The molecule has 0 bridgehead atoms. The SMILES string of the molecule is CCc1ccc(N(C)C(=O)[C@H](Cc2cc(F)cc(F)c2)NC(=O)OC(C)(C)C)cc1.S. The molecule has 0 aliphatic rings. The number of aryl methyl sites for hydroxylation is 1. The summed E-state index contributed by atoms with van der Waals surface area (Å²) >= 11 is 0. The van der Waals surface area contributed by atoms with Crippen LogP contribution in [-0.2, 0) is 22.4 Å². The molecule has 0 fully saturated rings. The van der Waals surface area contributed by atoms with Crippen LogP contribution in [0.1, 0.15) is 38.8 Å². The van der Waals surface area contributed by atoms with Crippen molar-refractivity contribution in [2.24, 2.45) is 0 Å². The van der Waals surface area contributed by atoms with Gasteiger partial charge in [0.05, 0.1) is 0 Å². The predicted molar refractivity (Wildman–Crippen MR) is 123 cm³/mol. The monoisotopic (exact) mass is 452 g/mol. The van der Waals surface area contributed by atoms with Crippen LogP contribution < -0.4 is 10.2 Å². The first kappa shape index (κ1) is 26.4. The van der Waals surface area contributed by atoms with Crippen LogP contribution in [0, 0.1) is 11.6 Å². The molecule has 0 aliphatic heterocycles. The Hall–Kier alpha value is -2.61. The molecule has 8 heteroatoms. The van der Waals surface area contributed by atoms with Crippen LogP contribution in [0.25, 0.3) is 0 Å². The summed E-state index contributed by atoms with van der Waals surface area (Å²) in [5.74, 6) is -1.94. The van der Waals surface area contributed by atoms with Gasteiger partial charge in [0.15, 0.2) is 0 Å². The Bertz CT molecular complexity index is 878. The number of amides is 2. The van der Waals surface area contributed by atoms with Crippen molar-refractivity contribution in [3.63, 3.8) is 0 Å². The minimum absolute atomic E-state index is 0. The molecule has 2 rings (SSSR count). The summed E-state index contributed by atoms with van der Waals surface area (Å²) < 4.78 is 32.5. The van der Waals surface area contributed by atoms with E-state index in [1.54, 1.807) is 27.8 Å². The van der Waals surface area contributed by atoms with Gasteiger partial charge in [-0.2, -0.15) is 13.5 Å². The van der Waals surface area contributed by atoms with Crippen molar-refractivity contribution in [2.45, 2.75) is 52.2 Å². The Morgan fingerprint density at radius 3 is 2.06 bits per heavy atom. The van der Waals surface area contributed by atoms with Crippen molar-refractivity contribution in [3.8, 4) is 0 Å². The zero-order valence-electron chi connectivity index (χ0n) is 18.5. The summed E-state index contributed by atoms with van der Waals surface area (Å²) in [7, 11) is 1.58. The van der Waals surface area contributed by atoms with Gasteiger partial charge in [0.1, 0.15) is 23.3 Å². The molecule has 5 nitrogen and oxygen atoms in total. The van der Waals surface area contributed by atoms with Gasteiger partial charge < -0.3 is 15.0 Å². The third-order valence-corrected chi connectivity index (χ3v) is 4.41. The smallest absolute Gasteiger partial charge is 0.408 e. The summed E-state index contributed by atoms with van der Waals surface area (Å²) in [5, 5.41) is 2.54. The molecule has 31 heavy (non-hydrogen) atoms. The number of likely N-dealkylation sites (N-methyl/N-ethyl adjacent to an activating group) is 1. The second-order valence-electron chi connectivity index (χ2n) is 8.10. The Balaban J connectivity index is 0.00000480. The molecule has 1 N–H and O–H groups in total. The first-order valence-electron chi connectivity index (χ1n) is 9.79. The van der Waals surface area contributed by atoms with Crippen LogP contribution in [0.5, 0.6) is 0 Å². The number of hydrogen-bond donors (Lipinski definition) is 1. The molecule has 0 saturated carbocycles. The fourth-order valence-electron chi connectivity index (χ4n) is 2.93. The van der Waals surface area contributed by atoms with Crippen LogP contribution in [0.2, 0.25) is 0 Å². The first-order chi connectivity index (χ1) is 14.0. The largest absolute Gasteiger partial charge is 0.444 e. The molecule has 0 heterocycles. The number of alkyl carbamates (subject to hydrolysis) is 1. The van der Waals surface area contributed by atoms with E-state index < -0.39 is 35.3 Å². The van der Waals surface area contributed by atoms with Gasteiger partial charge in [-0.15, -0.1) is 0 Å². The lowest BCUT2D eigenvalue weighted by Gasteiger charge is -2.27. The third kappa shape index (κ3) is 8.20. The van der Waals surface area contributed by atoms with Crippen molar-refractivity contribution < 1.29 is 23.1 Å². The number of anilines is 1. The van der Waals surface area contributed by atoms with Gasteiger partial charge in [0.2, 0.25) is 5.91 Å². The molecule has 0 unspecified atom stereocenters. The van der Waals surface area contributed by atoms with E-state index in [-0.39, 0.29) is 25.5 Å².